The Morgan fingerprint density at radius 3 is 2.48 bits per heavy atom. The molecule has 4 N–H and O–H groups in total. The quantitative estimate of drug-likeness (QED) is 0.474. The third kappa shape index (κ3) is 6.03. The highest BCUT2D eigenvalue weighted by Crippen LogP contribution is 2.34. The molecule has 0 bridgehead atoms. The number of hydrogen-bond acceptors (Lipinski definition) is 4. The molecule has 8 nitrogen and oxygen atoms in total. The van der Waals surface area contributed by atoms with Crippen molar-refractivity contribution in [1.29, 1.82) is 5.26 Å². The number of aromatic nitrogens is 1. The molecule has 3 atom stereocenters. The zero-order valence-electron chi connectivity index (χ0n) is 17.5. The van der Waals surface area contributed by atoms with E-state index in [-0.39, 0.29) is 35.2 Å². The minimum atomic E-state index is -2.73. The van der Waals surface area contributed by atoms with Gasteiger partial charge in [0, 0.05) is 11.5 Å². The molecule has 1 saturated carbocycles. The van der Waals surface area contributed by atoms with Crippen molar-refractivity contribution in [1.82, 2.24) is 20.9 Å². The van der Waals surface area contributed by atoms with E-state index in [4.69, 9.17) is 0 Å². The number of nitriles is 1. The predicted molar refractivity (Wildman–Crippen MR) is 107 cm³/mol. The SMILES string of the molecule is CC1(C)CC(CC(C#N)NC(=O)C(CC2CC2)NC(=O)c2ccc(C(F)F)[nH]2)C(=O)N1. The molecule has 3 rings (SSSR count). The maximum atomic E-state index is 12.8. The van der Waals surface area contributed by atoms with Crippen molar-refractivity contribution in [2.75, 3.05) is 0 Å². The lowest BCUT2D eigenvalue weighted by Crippen LogP contribution is -2.50. The van der Waals surface area contributed by atoms with E-state index < -0.39 is 30.3 Å². The van der Waals surface area contributed by atoms with Crippen molar-refractivity contribution in [3.05, 3.63) is 23.5 Å². The van der Waals surface area contributed by atoms with E-state index in [2.05, 4.69) is 20.9 Å². The van der Waals surface area contributed by atoms with Crippen LogP contribution in [0.1, 0.15) is 68.6 Å². The molecule has 1 aromatic heterocycles. The summed E-state index contributed by atoms with van der Waals surface area (Å²) in [7, 11) is 0. The number of alkyl halides is 2. The normalized spacial score (nSPS) is 21.8. The topological polar surface area (TPSA) is 127 Å². The number of carbonyl (C=O) groups is 3. The average Bonchev–Trinajstić information content (AvgIpc) is 3.27. The molecule has 2 heterocycles. The van der Waals surface area contributed by atoms with Crippen LogP contribution < -0.4 is 16.0 Å². The molecule has 1 aliphatic heterocycles. The Bertz CT molecular complexity index is 888. The smallest absolute Gasteiger partial charge is 0.278 e. The lowest BCUT2D eigenvalue weighted by Gasteiger charge is -2.21. The summed E-state index contributed by atoms with van der Waals surface area (Å²) >= 11 is 0. The van der Waals surface area contributed by atoms with Crippen LogP contribution >= 0.6 is 0 Å². The third-order valence-electron chi connectivity index (χ3n) is 5.66. The number of hydrogen-bond donors (Lipinski definition) is 4. The van der Waals surface area contributed by atoms with Gasteiger partial charge >= 0.3 is 0 Å². The summed E-state index contributed by atoms with van der Waals surface area (Å²) in [6.45, 7) is 3.79. The van der Waals surface area contributed by atoms with Gasteiger partial charge in [-0.3, -0.25) is 14.4 Å². The molecule has 31 heavy (non-hydrogen) atoms. The molecule has 3 unspecified atom stereocenters. The molecule has 1 saturated heterocycles. The summed E-state index contributed by atoms with van der Waals surface area (Å²) in [5.41, 5.74) is -0.803. The monoisotopic (exact) mass is 435 g/mol. The summed E-state index contributed by atoms with van der Waals surface area (Å²) in [5.74, 6) is -1.44. The number of amides is 3. The Hall–Kier alpha value is -2.96. The highest BCUT2D eigenvalue weighted by Gasteiger charge is 2.39. The van der Waals surface area contributed by atoms with Crippen LogP contribution in [0.3, 0.4) is 0 Å². The van der Waals surface area contributed by atoms with Crippen LogP contribution in [0.2, 0.25) is 0 Å². The molecule has 1 aliphatic carbocycles. The fraction of sp³-hybridized carbons (Fsp3) is 0.619. The second-order valence-corrected chi connectivity index (χ2v) is 9.03. The maximum Gasteiger partial charge on any atom is 0.278 e. The van der Waals surface area contributed by atoms with Crippen LogP contribution in [0.15, 0.2) is 12.1 Å². The van der Waals surface area contributed by atoms with E-state index in [1.165, 1.54) is 6.07 Å². The average molecular weight is 435 g/mol. The summed E-state index contributed by atoms with van der Waals surface area (Å²) < 4.78 is 25.5. The van der Waals surface area contributed by atoms with Gasteiger partial charge in [0.2, 0.25) is 11.8 Å². The molecular formula is C21H27F2N5O3. The Morgan fingerprint density at radius 1 is 1.26 bits per heavy atom. The van der Waals surface area contributed by atoms with E-state index >= 15 is 0 Å². The zero-order chi connectivity index (χ0) is 22.8. The van der Waals surface area contributed by atoms with Gasteiger partial charge in [-0.2, -0.15) is 5.26 Å². The van der Waals surface area contributed by atoms with Gasteiger partial charge in [-0.15, -0.1) is 0 Å². The number of nitrogens with zero attached hydrogens (tertiary/aromatic N) is 1. The molecule has 168 valence electrons. The Morgan fingerprint density at radius 2 is 1.97 bits per heavy atom. The number of aromatic amines is 1. The minimum absolute atomic E-state index is 0.0643. The van der Waals surface area contributed by atoms with Gasteiger partial charge in [-0.25, -0.2) is 8.78 Å². The Balaban J connectivity index is 1.62. The zero-order valence-corrected chi connectivity index (χ0v) is 17.5. The molecule has 1 aromatic rings. The van der Waals surface area contributed by atoms with Crippen molar-refractivity contribution in [3.8, 4) is 6.07 Å². The van der Waals surface area contributed by atoms with E-state index in [9.17, 15) is 28.4 Å². The summed E-state index contributed by atoms with van der Waals surface area (Å²) in [5, 5.41) is 17.6. The second kappa shape index (κ2) is 9.04. The first-order chi connectivity index (χ1) is 14.6. The van der Waals surface area contributed by atoms with Gasteiger partial charge in [0.25, 0.3) is 12.3 Å². The van der Waals surface area contributed by atoms with Crippen molar-refractivity contribution < 1.29 is 23.2 Å². The number of rotatable bonds is 9. The molecule has 0 spiro atoms. The fourth-order valence-corrected chi connectivity index (χ4v) is 3.91. The first-order valence-corrected chi connectivity index (χ1v) is 10.4. The number of halogens is 2. The van der Waals surface area contributed by atoms with Crippen LogP contribution in [0, 0.1) is 23.2 Å². The van der Waals surface area contributed by atoms with Gasteiger partial charge in [0.15, 0.2) is 0 Å². The highest BCUT2D eigenvalue weighted by atomic mass is 19.3. The van der Waals surface area contributed by atoms with Crippen LogP contribution in [0.5, 0.6) is 0 Å². The lowest BCUT2D eigenvalue weighted by atomic mass is 9.92. The third-order valence-corrected chi connectivity index (χ3v) is 5.66. The number of H-pyrrole nitrogens is 1. The molecular weight excluding hydrogens is 408 g/mol. The van der Waals surface area contributed by atoms with Gasteiger partial charge in [-0.05, 0) is 51.2 Å². The second-order valence-electron chi connectivity index (χ2n) is 9.03. The molecule has 3 amide bonds. The van der Waals surface area contributed by atoms with E-state index in [1.54, 1.807) is 0 Å². The fourth-order valence-electron chi connectivity index (χ4n) is 3.91. The first-order valence-electron chi connectivity index (χ1n) is 10.4. The molecule has 0 aromatic carbocycles. The van der Waals surface area contributed by atoms with Crippen LogP contribution in [0.4, 0.5) is 8.78 Å². The Labute approximate surface area is 179 Å². The van der Waals surface area contributed by atoms with E-state index in [0.717, 1.165) is 18.9 Å². The first kappa shape index (κ1) is 22.7. The molecule has 2 aliphatic rings. The molecule has 2 fully saturated rings. The summed E-state index contributed by atoms with van der Waals surface area (Å²) in [6.07, 6.45) is 0.279. The van der Waals surface area contributed by atoms with Gasteiger partial charge in [-0.1, -0.05) is 12.8 Å². The van der Waals surface area contributed by atoms with Crippen molar-refractivity contribution in [2.45, 2.75) is 70.0 Å². The molecule has 10 heteroatoms. The number of nitrogens with one attached hydrogen (secondary N) is 4. The van der Waals surface area contributed by atoms with Crippen LogP contribution in [0.25, 0.3) is 0 Å². The van der Waals surface area contributed by atoms with Crippen molar-refractivity contribution in [2.24, 2.45) is 11.8 Å². The van der Waals surface area contributed by atoms with E-state index in [1.807, 2.05) is 19.9 Å². The predicted octanol–water partition coefficient (Wildman–Crippen LogP) is 2.16. The van der Waals surface area contributed by atoms with Crippen LogP contribution in [-0.2, 0) is 9.59 Å². The van der Waals surface area contributed by atoms with Crippen molar-refractivity contribution >= 4 is 17.7 Å². The number of carbonyl (C=O) groups excluding carboxylic acids is 3. The maximum absolute atomic E-state index is 12.8. The van der Waals surface area contributed by atoms with Gasteiger partial charge in [0.05, 0.1) is 11.8 Å². The standard InChI is InChI=1S/C21H27F2N5O3/c1-21(2)9-12(18(29)28-21)8-13(10-24)25-20(31)16(7-11-3-4-11)27-19(30)15-6-5-14(26-15)17(22)23/h5-6,11-13,16-17,26H,3-4,7-9H2,1-2H3,(H,25,31)(H,27,30)(H,28,29). The van der Waals surface area contributed by atoms with Crippen molar-refractivity contribution in [3.63, 3.8) is 0 Å². The summed E-state index contributed by atoms with van der Waals surface area (Å²) in [4.78, 5) is 39.8. The Kier molecular flexibility index (Phi) is 6.62. The van der Waals surface area contributed by atoms with Gasteiger partial charge < -0.3 is 20.9 Å². The largest absolute Gasteiger partial charge is 0.351 e. The molecule has 0 radical (unpaired) electrons. The van der Waals surface area contributed by atoms with Crippen LogP contribution in [-0.4, -0.2) is 40.3 Å². The summed E-state index contributed by atoms with van der Waals surface area (Å²) in [6, 6.07) is 2.59. The van der Waals surface area contributed by atoms with E-state index in [0.29, 0.717) is 18.8 Å². The minimum Gasteiger partial charge on any atom is -0.351 e. The lowest BCUT2D eigenvalue weighted by molar-refractivity contribution is -0.125. The van der Waals surface area contributed by atoms with Gasteiger partial charge in [0.1, 0.15) is 17.8 Å². The highest BCUT2D eigenvalue weighted by molar-refractivity contribution is 5.96.